The fourth-order valence-corrected chi connectivity index (χ4v) is 1.88. The van der Waals surface area contributed by atoms with Crippen LogP contribution in [-0.4, -0.2) is 11.4 Å². The summed E-state index contributed by atoms with van der Waals surface area (Å²) in [5.74, 6) is 0.782. The minimum Gasteiger partial charge on any atom is -0.288 e. The molecule has 1 nitrogen and oxygen atoms in total. The highest BCUT2D eigenvalue weighted by Gasteiger charge is 1.96. The normalized spacial score (nSPS) is 10.0. The predicted octanol–water partition coefficient (Wildman–Crippen LogP) is 3.19. The molecule has 0 amide bonds. The van der Waals surface area contributed by atoms with Gasteiger partial charge in [0.2, 0.25) is 0 Å². The summed E-state index contributed by atoms with van der Waals surface area (Å²) in [6, 6.07) is 8.31. The summed E-state index contributed by atoms with van der Waals surface area (Å²) in [6.07, 6.45) is 2.05. The molecular weight excluding hydrogens is 200 g/mol. The summed E-state index contributed by atoms with van der Waals surface area (Å²) in [5, 5.41) is 0.175. The van der Waals surface area contributed by atoms with E-state index in [9.17, 15) is 4.79 Å². The van der Waals surface area contributed by atoms with Gasteiger partial charge in [-0.1, -0.05) is 23.9 Å². The number of carbonyl (C=O) groups is 1. The summed E-state index contributed by atoms with van der Waals surface area (Å²) >= 11 is 3.08. The smallest absolute Gasteiger partial charge is 0.186 e. The standard InChI is InChI=1S/C10H12OS2/c1-8(11)13-7-9-3-5-10(12-2)6-4-9/h3-6H,7H2,1-2H3. The minimum atomic E-state index is 0.175. The first kappa shape index (κ1) is 10.7. The highest BCUT2D eigenvalue weighted by Crippen LogP contribution is 2.18. The lowest BCUT2D eigenvalue weighted by Crippen LogP contribution is -1.85. The number of hydrogen-bond donors (Lipinski definition) is 0. The van der Waals surface area contributed by atoms with E-state index in [1.807, 2.05) is 0 Å². The molecule has 1 aromatic carbocycles. The number of rotatable bonds is 3. The zero-order chi connectivity index (χ0) is 9.68. The van der Waals surface area contributed by atoms with Crippen molar-refractivity contribution in [3.63, 3.8) is 0 Å². The van der Waals surface area contributed by atoms with E-state index in [1.54, 1.807) is 18.7 Å². The lowest BCUT2D eigenvalue weighted by atomic mass is 10.2. The van der Waals surface area contributed by atoms with Crippen LogP contribution in [0.1, 0.15) is 12.5 Å². The van der Waals surface area contributed by atoms with Gasteiger partial charge in [0.15, 0.2) is 5.12 Å². The molecule has 1 aromatic rings. The zero-order valence-corrected chi connectivity index (χ0v) is 9.37. The molecule has 0 bridgehead atoms. The van der Waals surface area contributed by atoms with Crippen molar-refractivity contribution < 1.29 is 4.79 Å². The molecule has 3 heteroatoms. The summed E-state index contributed by atoms with van der Waals surface area (Å²) < 4.78 is 0. The molecule has 0 heterocycles. The Balaban J connectivity index is 2.54. The number of benzene rings is 1. The first-order chi connectivity index (χ1) is 6.22. The maximum absolute atomic E-state index is 10.7. The molecule has 0 fully saturated rings. The average molecular weight is 212 g/mol. The van der Waals surface area contributed by atoms with E-state index in [4.69, 9.17) is 0 Å². The van der Waals surface area contributed by atoms with Gasteiger partial charge in [-0.2, -0.15) is 0 Å². The van der Waals surface area contributed by atoms with Crippen molar-refractivity contribution in [1.29, 1.82) is 0 Å². The largest absolute Gasteiger partial charge is 0.288 e. The molecule has 0 N–H and O–H groups in total. The van der Waals surface area contributed by atoms with Crippen LogP contribution in [0.5, 0.6) is 0 Å². The van der Waals surface area contributed by atoms with E-state index >= 15 is 0 Å². The molecular formula is C10H12OS2. The van der Waals surface area contributed by atoms with Crippen LogP contribution in [-0.2, 0) is 10.5 Å². The highest BCUT2D eigenvalue weighted by molar-refractivity contribution is 8.12. The SMILES string of the molecule is CSc1ccc(CSC(C)=O)cc1. The average Bonchev–Trinajstić information content (AvgIpc) is 2.15. The molecule has 0 unspecified atom stereocenters. The molecule has 0 aliphatic heterocycles. The summed E-state index contributed by atoms with van der Waals surface area (Å²) in [7, 11) is 0. The Morgan fingerprint density at radius 1 is 1.31 bits per heavy atom. The summed E-state index contributed by atoms with van der Waals surface area (Å²) in [4.78, 5) is 12.0. The molecule has 13 heavy (non-hydrogen) atoms. The van der Waals surface area contributed by atoms with Crippen LogP contribution >= 0.6 is 23.5 Å². The molecule has 1 rings (SSSR count). The van der Waals surface area contributed by atoms with Gasteiger partial charge in [0.25, 0.3) is 0 Å². The minimum absolute atomic E-state index is 0.175. The van der Waals surface area contributed by atoms with Crippen LogP contribution in [0, 0.1) is 0 Å². The molecule has 0 spiro atoms. The lowest BCUT2D eigenvalue weighted by Gasteiger charge is -2.00. The Morgan fingerprint density at radius 2 is 1.92 bits per heavy atom. The third-order valence-corrected chi connectivity index (χ3v) is 3.23. The molecule has 0 aliphatic carbocycles. The Bertz CT molecular complexity index is 279. The number of thioether (sulfide) groups is 2. The molecule has 0 atom stereocenters. The Kier molecular flexibility index (Phi) is 4.39. The van der Waals surface area contributed by atoms with E-state index in [-0.39, 0.29) is 5.12 Å². The number of carbonyl (C=O) groups excluding carboxylic acids is 1. The van der Waals surface area contributed by atoms with Gasteiger partial charge in [0.05, 0.1) is 0 Å². The molecule has 70 valence electrons. The first-order valence-corrected chi connectivity index (χ1v) is 6.19. The molecule has 0 radical (unpaired) electrons. The Hall–Kier alpha value is -0.410. The zero-order valence-electron chi connectivity index (χ0n) is 7.74. The van der Waals surface area contributed by atoms with E-state index in [1.165, 1.54) is 22.2 Å². The predicted molar refractivity (Wildman–Crippen MR) is 60.2 cm³/mol. The van der Waals surface area contributed by atoms with Crippen LogP contribution in [0.2, 0.25) is 0 Å². The molecule has 0 saturated heterocycles. The third kappa shape index (κ3) is 3.87. The fraction of sp³-hybridized carbons (Fsp3) is 0.300. The van der Waals surface area contributed by atoms with Gasteiger partial charge in [0, 0.05) is 17.6 Å². The second-order valence-corrected chi connectivity index (χ2v) is 4.66. The molecule has 0 aromatic heterocycles. The van der Waals surface area contributed by atoms with Crippen molar-refractivity contribution in [1.82, 2.24) is 0 Å². The van der Waals surface area contributed by atoms with Gasteiger partial charge < -0.3 is 0 Å². The highest BCUT2D eigenvalue weighted by atomic mass is 32.2. The van der Waals surface area contributed by atoms with Gasteiger partial charge in [-0.15, -0.1) is 11.8 Å². The van der Waals surface area contributed by atoms with E-state index in [0.29, 0.717) is 0 Å². The van der Waals surface area contributed by atoms with E-state index < -0.39 is 0 Å². The van der Waals surface area contributed by atoms with Crippen LogP contribution in [0.15, 0.2) is 29.2 Å². The second kappa shape index (κ2) is 5.35. The maximum atomic E-state index is 10.7. The quantitative estimate of drug-likeness (QED) is 0.716. The first-order valence-electron chi connectivity index (χ1n) is 3.98. The van der Waals surface area contributed by atoms with Gasteiger partial charge in [0.1, 0.15) is 0 Å². The molecule has 0 saturated carbocycles. The van der Waals surface area contributed by atoms with Crippen LogP contribution < -0.4 is 0 Å². The van der Waals surface area contributed by atoms with Crippen LogP contribution in [0.3, 0.4) is 0 Å². The van der Waals surface area contributed by atoms with Crippen LogP contribution in [0.4, 0.5) is 0 Å². The van der Waals surface area contributed by atoms with Crippen molar-refractivity contribution in [3.8, 4) is 0 Å². The van der Waals surface area contributed by atoms with Crippen molar-refractivity contribution >= 4 is 28.6 Å². The van der Waals surface area contributed by atoms with Crippen LogP contribution in [0.25, 0.3) is 0 Å². The topological polar surface area (TPSA) is 17.1 Å². The van der Waals surface area contributed by atoms with Gasteiger partial charge in [-0.05, 0) is 24.0 Å². The lowest BCUT2D eigenvalue weighted by molar-refractivity contribution is -0.109. The number of hydrogen-bond acceptors (Lipinski definition) is 3. The Morgan fingerprint density at radius 3 is 2.38 bits per heavy atom. The summed E-state index contributed by atoms with van der Waals surface area (Å²) in [5.41, 5.74) is 1.21. The van der Waals surface area contributed by atoms with Crippen molar-refractivity contribution in [2.45, 2.75) is 17.6 Å². The second-order valence-electron chi connectivity index (χ2n) is 2.63. The van der Waals surface area contributed by atoms with Crippen molar-refractivity contribution in [2.24, 2.45) is 0 Å². The maximum Gasteiger partial charge on any atom is 0.186 e. The Labute approximate surface area is 87.3 Å². The van der Waals surface area contributed by atoms with E-state index in [2.05, 4.69) is 30.5 Å². The van der Waals surface area contributed by atoms with Gasteiger partial charge in [-0.3, -0.25) is 4.79 Å². The monoisotopic (exact) mass is 212 g/mol. The van der Waals surface area contributed by atoms with Crippen molar-refractivity contribution in [2.75, 3.05) is 6.26 Å². The van der Waals surface area contributed by atoms with Crippen molar-refractivity contribution in [3.05, 3.63) is 29.8 Å². The molecule has 0 aliphatic rings. The third-order valence-electron chi connectivity index (χ3n) is 1.60. The van der Waals surface area contributed by atoms with E-state index in [0.717, 1.165) is 5.75 Å². The summed E-state index contributed by atoms with van der Waals surface area (Å²) in [6.45, 7) is 1.60. The van der Waals surface area contributed by atoms with Gasteiger partial charge in [-0.25, -0.2) is 0 Å². The fourth-order valence-electron chi connectivity index (χ4n) is 0.907. The van der Waals surface area contributed by atoms with Gasteiger partial charge >= 0.3 is 0 Å².